The summed E-state index contributed by atoms with van der Waals surface area (Å²) in [7, 11) is 4.52. The third kappa shape index (κ3) is 3.38. The van der Waals surface area contributed by atoms with Crippen LogP contribution < -0.4 is 19.9 Å². The van der Waals surface area contributed by atoms with Gasteiger partial charge in [-0.1, -0.05) is 0 Å². The van der Waals surface area contributed by atoms with E-state index in [1.165, 1.54) is 21.3 Å². The quantitative estimate of drug-likeness (QED) is 0.778. The molecule has 2 N–H and O–H groups in total. The van der Waals surface area contributed by atoms with Gasteiger partial charge in [-0.25, -0.2) is 0 Å². The third-order valence-electron chi connectivity index (χ3n) is 5.63. The molecule has 0 spiro atoms. The van der Waals surface area contributed by atoms with Gasteiger partial charge in [-0.3, -0.25) is 4.79 Å². The number of nitrogens with zero attached hydrogens (tertiary/aromatic N) is 1. The standard InChI is InChI=1S/C23H22N2O6/c1-27-18-9-13(10-19(28-2)22(18)29-3)20-14(11-24)23(25)31-17-8-12(7-15(26)21(17)20)16-5-4-6-30-16/h4-6,9-10,12,20H,7-8,25H2,1-3H3/t12-,20-/m0/s1. The molecule has 0 saturated carbocycles. The van der Waals surface area contributed by atoms with Crippen molar-refractivity contribution in [2.24, 2.45) is 5.73 Å². The van der Waals surface area contributed by atoms with Gasteiger partial charge in [-0.05, 0) is 29.8 Å². The molecule has 0 saturated heterocycles. The number of allylic oxidation sites excluding steroid dienone is 3. The van der Waals surface area contributed by atoms with E-state index in [0.717, 1.165) is 0 Å². The number of nitrogens with two attached hydrogens (primary N) is 1. The lowest BCUT2D eigenvalue weighted by Gasteiger charge is -2.33. The molecule has 1 aliphatic carbocycles. The van der Waals surface area contributed by atoms with Crippen molar-refractivity contribution >= 4 is 5.78 Å². The predicted molar refractivity (Wildman–Crippen MR) is 109 cm³/mol. The maximum Gasteiger partial charge on any atom is 0.205 e. The van der Waals surface area contributed by atoms with Gasteiger partial charge in [-0.2, -0.15) is 5.26 Å². The van der Waals surface area contributed by atoms with Gasteiger partial charge >= 0.3 is 0 Å². The van der Waals surface area contributed by atoms with Crippen LogP contribution in [0.2, 0.25) is 0 Å². The fourth-order valence-corrected chi connectivity index (χ4v) is 4.23. The Hall–Kier alpha value is -3.86. The smallest absolute Gasteiger partial charge is 0.205 e. The average Bonchev–Trinajstić information content (AvgIpc) is 3.32. The van der Waals surface area contributed by atoms with E-state index < -0.39 is 5.92 Å². The minimum Gasteiger partial charge on any atom is -0.493 e. The molecular formula is C23H22N2O6. The predicted octanol–water partition coefficient (Wildman–Crippen LogP) is 3.51. The Bertz CT molecular complexity index is 1100. The first-order chi connectivity index (χ1) is 15.0. The lowest BCUT2D eigenvalue weighted by Crippen LogP contribution is -2.29. The Labute approximate surface area is 179 Å². The maximum atomic E-state index is 13.3. The summed E-state index contributed by atoms with van der Waals surface area (Å²) in [5.41, 5.74) is 7.31. The first kappa shape index (κ1) is 20.4. The summed E-state index contributed by atoms with van der Waals surface area (Å²) in [5.74, 6) is 1.41. The number of furan rings is 1. The van der Waals surface area contributed by atoms with Crippen molar-refractivity contribution in [3.63, 3.8) is 0 Å². The van der Waals surface area contributed by atoms with Crippen LogP contribution in [0.3, 0.4) is 0 Å². The number of carbonyl (C=O) groups excluding carboxylic acids is 1. The van der Waals surface area contributed by atoms with Crippen LogP contribution >= 0.6 is 0 Å². The van der Waals surface area contributed by atoms with E-state index in [0.29, 0.717) is 46.3 Å². The molecule has 4 rings (SSSR count). The molecule has 1 aromatic carbocycles. The summed E-state index contributed by atoms with van der Waals surface area (Å²) in [4.78, 5) is 13.3. The van der Waals surface area contributed by atoms with E-state index in [1.54, 1.807) is 24.5 Å². The molecule has 31 heavy (non-hydrogen) atoms. The van der Waals surface area contributed by atoms with Gasteiger partial charge in [0.15, 0.2) is 17.3 Å². The number of carbonyl (C=O) groups is 1. The molecule has 2 atom stereocenters. The van der Waals surface area contributed by atoms with E-state index in [-0.39, 0.29) is 29.6 Å². The van der Waals surface area contributed by atoms with Crippen molar-refractivity contribution in [2.45, 2.75) is 24.7 Å². The summed E-state index contributed by atoms with van der Waals surface area (Å²) in [6.07, 6.45) is 2.26. The number of nitriles is 1. The van der Waals surface area contributed by atoms with Gasteiger partial charge in [0.05, 0.1) is 33.5 Å². The fraction of sp³-hybridized carbons (Fsp3) is 0.304. The highest BCUT2D eigenvalue weighted by Crippen LogP contribution is 2.49. The summed E-state index contributed by atoms with van der Waals surface area (Å²) in [6.45, 7) is 0. The summed E-state index contributed by atoms with van der Waals surface area (Å²) >= 11 is 0. The molecule has 2 aromatic rings. The first-order valence-corrected chi connectivity index (χ1v) is 9.69. The highest BCUT2D eigenvalue weighted by molar-refractivity contribution is 6.00. The van der Waals surface area contributed by atoms with Crippen molar-refractivity contribution in [1.29, 1.82) is 5.26 Å². The normalized spacial score (nSPS) is 20.6. The van der Waals surface area contributed by atoms with Gasteiger partial charge in [-0.15, -0.1) is 0 Å². The molecule has 160 valence electrons. The zero-order chi connectivity index (χ0) is 22.1. The van der Waals surface area contributed by atoms with E-state index in [2.05, 4.69) is 6.07 Å². The minimum atomic E-state index is -0.701. The molecule has 0 bridgehead atoms. The third-order valence-corrected chi connectivity index (χ3v) is 5.63. The Balaban J connectivity index is 1.86. The number of ketones is 1. The summed E-state index contributed by atoms with van der Waals surface area (Å²) < 4.78 is 27.6. The van der Waals surface area contributed by atoms with Crippen molar-refractivity contribution in [3.05, 3.63) is 64.6 Å². The van der Waals surface area contributed by atoms with Crippen LogP contribution in [-0.2, 0) is 9.53 Å². The number of rotatable bonds is 5. The lowest BCUT2D eigenvalue weighted by molar-refractivity contribution is -0.117. The molecule has 2 aliphatic rings. The minimum absolute atomic E-state index is 0.0205. The molecule has 0 unspecified atom stereocenters. The zero-order valence-electron chi connectivity index (χ0n) is 17.4. The molecule has 0 amide bonds. The van der Waals surface area contributed by atoms with E-state index >= 15 is 0 Å². The van der Waals surface area contributed by atoms with Crippen LogP contribution in [0.15, 0.2) is 57.7 Å². The second kappa shape index (κ2) is 8.11. The van der Waals surface area contributed by atoms with Crippen LogP contribution in [-0.4, -0.2) is 27.1 Å². The molecule has 2 heterocycles. The van der Waals surface area contributed by atoms with E-state index in [4.69, 9.17) is 29.1 Å². The molecule has 0 radical (unpaired) electrons. The van der Waals surface area contributed by atoms with Crippen LogP contribution in [0.5, 0.6) is 17.2 Å². The molecule has 0 fully saturated rings. The number of Topliss-reactive ketones (excluding diaryl/α,β-unsaturated/α-hetero) is 1. The van der Waals surface area contributed by atoms with Crippen LogP contribution in [0.4, 0.5) is 0 Å². The van der Waals surface area contributed by atoms with Gasteiger partial charge < -0.3 is 29.1 Å². The lowest BCUT2D eigenvalue weighted by atomic mass is 9.74. The Kier molecular flexibility index (Phi) is 5.34. The van der Waals surface area contributed by atoms with Gasteiger partial charge in [0, 0.05) is 24.3 Å². The van der Waals surface area contributed by atoms with E-state index in [1.807, 2.05) is 6.07 Å². The second-order valence-corrected chi connectivity index (χ2v) is 7.26. The summed E-state index contributed by atoms with van der Waals surface area (Å²) in [5, 5.41) is 9.82. The van der Waals surface area contributed by atoms with Crippen molar-refractivity contribution in [3.8, 4) is 23.3 Å². The molecule has 1 aromatic heterocycles. The molecule has 8 nitrogen and oxygen atoms in total. The second-order valence-electron chi connectivity index (χ2n) is 7.26. The number of ether oxygens (including phenoxy) is 4. The Morgan fingerprint density at radius 1 is 1.13 bits per heavy atom. The van der Waals surface area contributed by atoms with Crippen LogP contribution in [0, 0.1) is 11.3 Å². The SMILES string of the molecule is COc1cc([C@H]2C(C#N)=C(N)OC3=C2C(=O)C[C@H](c2ccco2)C3)cc(OC)c1OC. The molecule has 1 aliphatic heterocycles. The van der Waals surface area contributed by atoms with Gasteiger partial charge in [0.25, 0.3) is 0 Å². The van der Waals surface area contributed by atoms with E-state index in [9.17, 15) is 10.1 Å². The summed E-state index contributed by atoms with van der Waals surface area (Å²) in [6, 6.07) is 9.17. The zero-order valence-corrected chi connectivity index (χ0v) is 17.4. The van der Waals surface area contributed by atoms with Gasteiger partial charge in [0.2, 0.25) is 11.6 Å². The molecular weight excluding hydrogens is 400 g/mol. The highest BCUT2D eigenvalue weighted by Gasteiger charge is 2.42. The Morgan fingerprint density at radius 2 is 1.84 bits per heavy atom. The van der Waals surface area contributed by atoms with Crippen molar-refractivity contribution in [2.75, 3.05) is 21.3 Å². The van der Waals surface area contributed by atoms with Crippen molar-refractivity contribution < 1.29 is 28.2 Å². The topological polar surface area (TPSA) is 117 Å². The number of methoxy groups -OCH3 is 3. The number of hydrogen-bond donors (Lipinski definition) is 1. The monoisotopic (exact) mass is 422 g/mol. The average molecular weight is 422 g/mol. The van der Waals surface area contributed by atoms with Crippen LogP contribution in [0.25, 0.3) is 0 Å². The van der Waals surface area contributed by atoms with Crippen LogP contribution in [0.1, 0.15) is 36.0 Å². The highest BCUT2D eigenvalue weighted by atomic mass is 16.5. The molecule has 8 heteroatoms. The largest absolute Gasteiger partial charge is 0.493 e. The fourth-order valence-electron chi connectivity index (χ4n) is 4.23. The van der Waals surface area contributed by atoms with Gasteiger partial charge in [0.1, 0.15) is 23.2 Å². The number of hydrogen-bond acceptors (Lipinski definition) is 8. The van der Waals surface area contributed by atoms with Crippen molar-refractivity contribution in [1.82, 2.24) is 0 Å². The first-order valence-electron chi connectivity index (χ1n) is 9.69. The number of benzene rings is 1. The Morgan fingerprint density at radius 3 is 2.39 bits per heavy atom. The maximum absolute atomic E-state index is 13.3.